The molecule has 0 heterocycles. The van der Waals surface area contributed by atoms with Crippen molar-refractivity contribution in [2.45, 2.75) is 33.4 Å². The molecule has 3 aromatic rings. The molecule has 3 aromatic carbocycles. The van der Waals surface area contributed by atoms with Crippen molar-refractivity contribution in [1.29, 1.82) is 0 Å². The fourth-order valence-corrected chi connectivity index (χ4v) is 4.82. The average Bonchev–Trinajstić information content (AvgIpc) is 2.64. The number of nitrogens with one attached hydrogen (secondary N) is 1. The second kappa shape index (κ2) is 8.25. The molecule has 0 bridgehead atoms. The Morgan fingerprint density at radius 1 is 1.00 bits per heavy atom. The standard InChI is InChI=1S/C23H26N2O3S/c1-16-12-17(2)14-21(13-16)25(29(4,27)28)18(3)23(26)24-15-20-10-7-9-19-8-5-6-11-22(19)20/h5-14,18H,15H2,1-4H3,(H,24,26). The highest BCUT2D eigenvalue weighted by atomic mass is 32.2. The maximum atomic E-state index is 12.9. The van der Waals surface area contributed by atoms with Gasteiger partial charge in [-0.3, -0.25) is 9.10 Å². The van der Waals surface area contributed by atoms with Crippen molar-refractivity contribution in [1.82, 2.24) is 5.32 Å². The first-order valence-electron chi connectivity index (χ1n) is 9.49. The Hall–Kier alpha value is -2.86. The van der Waals surface area contributed by atoms with Crippen molar-refractivity contribution >= 4 is 32.4 Å². The van der Waals surface area contributed by atoms with E-state index in [4.69, 9.17) is 0 Å². The summed E-state index contributed by atoms with van der Waals surface area (Å²) in [5, 5.41) is 5.06. The number of amides is 1. The molecule has 0 spiro atoms. The van der Waals surface area contributed by atoms with Crippen LogP contribution in [0.25, 0.3) is 10.8 Å². The van der Waals surface area contributed by atoms with Gasteiger partial charge in [-0.15, -0.1) is 0 Å². The minimum Gasteiger partial charge on any atom is -0.350 e. The Bertz CT molecular complexity index is 1130. The molecule has 5 nitrogen and oxygen atoms in total. The summed E-state index contributed by atoms with van der Waals surface area (Å²) in [4.78, 5) is 12.9. The van der Waals surface area contributed by atoms with Gasteiger partial charge in [-0.05, 0) is 60.4 Å². The first-order valence-corrected chi connectivity index (χ1v) is 11.3. The number of benzene rings is 3. The Morgan fingerprint density at radius 3 is 2.28 bits per heavy atom. The van der Waals surface area contributed by atoms with E-state index in [0.717, 1.165) is 33.7 Å². The lowest BCUT2D eigenvalue weighted by Gasteiger charge is -2.29. The lowest BCUT2D eigenvalue weighted by Crippen LogP contribution is -2.47. The topological polar surface area (TPSA) is 66.5 Å². The molecule has 6 heteroatoms. The van der Waals surface area contributed by atoms with Crippen LogP contribution >= 0.6 is 0 Å². The van der Waals surface area contributed by atoms with E-state index in [-0.39, 0.29) is 5.91 Å². The number of hydrogen-bond donors (Lipinski definition) is 1. The summed E-state index contributed by atoms with van der Waals surface area (Å²) in [6, 6.07) is 18.6. The molecule has 0 aliphatic heterocycles. The molecular formula is C23H26N2O3S. The van der Waals surface area contributed by atoms with Crippen molar-refractivity contribution in [2.75, 3.05) is 10.6 Å². The van der Waals surface area contributed by atoms with E-state index < -0.39 is 16.1 Å². The molecule has 1 N–H and O–H groups in total. The smallest absolute Gasteiger partial charge is 0.243 e. The minimum atomic E-state index is -3.64. The van der Waals surface area contributed by atoms with Gasteiger partial charge in [-0.25, -0.2) is 8.42 Å². The first kappa shape index (κ1) is 20.9. The van der Waals surface area contributed by atoms with E-state index in [2.05, 4.69) is 5.32 Å². The second-order valence-corrected chi connectivity index (χ2v) is 9.30. The molecule has 0 aliphatic rings. The average molecular weight is 411 g/mol. The molecule has 0 aromatic heterocycles. The van der Waals surface area contributed by atoms with Crippen LogP contribution in [0.1, 0.15) is 23.6 Å². The first-order chi connectivity index (χ1) is 13.7. The van der Waals surface area contributed by atoms with Crippen LogP contribution in [0.4, 0.5) is 5.69 Å². The molecule has 152 valence electrons. The van der Waals surface area contributed by atoms with E-state index in [0.29, 0.717) is 12.2 Å². The quantitative estimate of drug-likeness (QED) is 0.670. The van der Waals surface area contributed by atoms with Crippen molar-refractivity contribution in [2.24, 2.45) is 0 Å². The predicted octanol–water partition coefficient (Wildman–Crippen LogP) is 3.93. The van der Waals surface area contributed by atoms with Crippen LogP contribution in [-0.4, -0.2) is 26.6 Å². The van der Waals surface area contributed by atoms with Gasteiger partial charge in [0, 0.05) is 6.54 Å². The molecule has 1 amide bonds. The highest BCUT2D eigenvalue weighted by molar-refractivity contribution is 7.92. The number of sulfonamides is 1. The zero-order chi connectivity index (χ0) is 21.2. The number of anilines is 1. The minimum absolute atomic E-state index is 0.328. The van der Waals surface area contributed by atoms with E-state index in [1.165, 1.54) is 4.31 Å². The Labute approximate surface area is 172 Å². The van der Waals surface area contributed by atoms with E-state index in [1.54, 1.807) is 19.1 Å². The number of hydrogen-bond acceptors (Lipinski definition) is 3. The van der Waals surface area contributed by atoms with Gasteiger partial charge in [0.1, 0.15) is 6.04 Å². The number of aryl methyl sites for hydroxylation is 2. The monoisotopic (exact) mass is 410 g/mol. The van der Waals surface area contributed by atoms with E-state index in [9.17, 15) is 13.2 Å². The zero-order valence-corrected chi connectivity index (χ0v) is 18.0. The Balaban J connectivity index is 1.84. The fraction of sp³-hybridized carbons (Fsp3) is 0.261. The summed E-state index contributed by atoms with van der Waals surface area (Å²) in [5.41, 5.74) is 3.37. The van der Waals surface area contributed by atoms with Gasteiger partial charge < -0.3 is 5.32 Å². The maximum Gasteiger partial charge on any atom is 0.243 e. The molecule has 29 heavy (non-hydrogen) atoms. The van der Waals surface area contributed by atoms with Crippen LogP contribution in [0, 0.1) is 13.8 Å². The van der Waals surface area contributed by atoms with Gasteiger partial charge in [0.05, 0.1) is 11.9 Å². The second-order valence-electron chi connectivity index (χ2n) is 7.44. The molecule has 0 saturated heterocycles. The number of nitrogens with zero attached hydrogens (tertiary/aromatic N) is 1. The van der Waals surface area contributed by atoms with Crippen LogP contribution in [0.2, 0.25) is 0 Å². The van der Waals surface area contributed by atoms with Gasteiger partial charge >= 0.3 is 0 Å². The lowest BCUT2D eigenvalue weighted by molar-refractivity contribution is -0.122. The van der Waals surface area contributed by atoms with Crippen LogP contribution in [-0.2, 0) is 21.4 Å². The summed E-state index contributed by atoms with van der Waals surface area (Å²) < 4.78 is 26.2. The number of fused-ring (bicyclic) bond motifs is 1. The van der Waals surface area contributed by atoms with E-state index >= 15 is 0 Å². The lowest BCUT2D eigenvalue weighted by atomic mass is 10.0. The summed E-state index contributed by atoms with van der Waals surface area (Å²) >= 11 is 0. The number of carbonyl (C=O) groups excluding carboxylic acids is 1. The van der Waals surface area contributed by atoms with Gasteiger partial charge in [0.25, 0.3) is 0 Å². The fourth-order valence-electron chi connectivity index (χ4n) is 3.66. The van der Waals surface area contributed by atoms with Crippen LogP contribution < -0.4 is 9.62 Å². The predicted molar refractivity (Wildman–Crippen MR) is 118 cm³/mol. The molecule has 1 atom stereocenters. The summed E-state index contributed by atoms with van der Waals surface area (Å²) in [6.07, 6.45) is 1.12. The molecule has 1 unspecified atom stereocenters. The molecule has 0 radical (unpaired) electrons. The zero-order valence-electron chi connectivity index (χ0n) is 17.1. The van der Waals surface area contributed by atoms with Crippen LogP contribution in [0.5, 0.6) is 0 Å². The molecular weight excluding hydrogens is 384 g/mol. The van der Waals surface area contributed by atoms with Crippen molar-refractivity contribution in [3.8, 4) is 0 Å². The largest absolute Gasteiger partial charge is 0.350 e. The van der Waals surface area contributed by atoms with Crippen molar-refractivity contribution in [3.63, 3.8) is 0 Å². The van der Waals surface area contributed by atoms with Gasteiger partial charge in [-0.1, -0.05) is 48.5 Å². The third kappa shape index (κ3) is 4.77. The Morgan fingerprint density at radius 2 is 1.62 bits per heavy atom. The Kier molecular flexibility index (Phi) is 5.94. The van der Waals surface area contributed by atoms with Crippen molar-refractivity contribution < 1.29 is 13.2 Å². The van der Waals surface area contributed by atoms with Gasteiger partial charge in [0.2, 0.25) is 15.9 Å². The number of rotatable bonds is 6. The SMILES string of the molecule is Cc1cc(C)cc(N(C(C)C(=O)NCc2cccc3ccccc23)S(C)(=O)=O)c1. The highest BCUT2D eigenvalue weighted by Gasteiger charge is 2.29. The molecule has 0 fully saturated rings. The van der Waals surface area contributed by atoms with Crippen LogP contribution in [0.15, 0.2) is 60.7 Å². The maximum absolute atomic E-state index is 12.9. The summed E-state index contributed by atoms with van der Waals surface area (Å²) in [6.45, 7) is 5.75. The van der Waals surface area contributed by atoms with Gasteiger partial charge in [-0.2, -0.15) is 0 Å². The third-order valence-corrected chi connectivity index (χ3v) is 6.12. The van der Waals surface area contributed by atoms with Crippen molar-refractivity contribution in [3.05, 3.63) is 77.4 Å². The summed E-state index contributed by atoms with van der Waals surface area (Å²) in [7, 11) is -3.64. The number of carbonyl (C=O) groups is 1. The van der Waals surface area contributed by atoms with E-state index in [1.807, 2.05) is 62.4 Å². The van der Waals surface area contributed by atoms with Gasteiger partial charge in [0.15, 0.2) is 0 Å². The molecule has 3 rings (SSSR count). The van der Waals surface area contributed by atoms with Crippen LogP contribution in [0.3, 0.4) is 0 Å². The molecule has 0 saturated carbocycles. The molecule has 0 aliphatic carbocycles. The third-order valence-electron chi connectivity index (χ3n) is 4.88. The highest BCUT2D eigenvalue weighted by Crippen LogP contribution is 2.24. The summed E-state index contributed by atoms with van der Waals surface area (Å²) in [5.74, 6) is -0.345. The normalized spacial score (nSPS) is 12.6.